The summed E-state index contributed by atoms with van der Waals surface area (Å²) >= 11 is 0. The van der Waals surface area contributed by atoms with Gasteiger partial charge in [-0.05, 0) is 0 Å². The van der Waals surface area contributed by atoms with Crippen LogP contribution in [0.5, 0.6) is 0 Å². The van der Waals surface area contributed by atoms with Gasteiger partial charge in [-0.15, -0.1) is 0 Å². The largest absolute Gasteiger partial charge is 0.458 e. The van der Waals surface area contributed by atoms with Crippen molar-refractivity contribution in [2.24, 2.45) is 0 Å². The molecule has 0 rings (SSSR count). The Labute approximate surface area is 58.9 Å². The summed E-state index contributed by atoms with van der Waals surface area (Å²) in [6, 6.07) is 0. The smallest absolute Gasteiger partial charge is 0.342 e. The second-order valence-electron chi connectivity index (χ2n) is 0.673. The molecule has 2 N–H and O–H groups in total. The first-order chi connectivity index (χ1) is 2.56. The average molecular weight is 176 g/mol. The molecule has 7 heteroatoms. The number of rotatable bonds is 1. The van der Waals surface area contributed by atoms with E-state index in [-0.39, 0.29) is 32.2 Å². The standard InChI is InChI=1S/H5O4PSi.Ti/c1-5(2,3)4-6;/h6H3,(H2,1,2,3);. The first-order valence-electron chi connectivity index (χ1n) is 1.17. The molecule has 0 atom stereocenters. The topological polar surface area (TPSA) is 66.8 Å². The van der Waals surface area contributed by atoms with Crippen LogP contribution in [0.25, 0.3) is 0 Å². The Morgan fingerprint density at radius 3 is 1.71 bits per heavy atom. The van der Waals surface area contributed by atoms with Crippen LogP contribution >= 0.6 is 7.82 Å². The van der Waals surface area contributed by atoms with E-state index < -0.39 is 7.82 Å². The van der Waals surface area contributed by atoms with Crippen LogP contribution in [0.1, 0.15) is 0 Å². The van der Waals surface area contributed by atoms with Gasteiger partial charge in [0, 0.05) is 21.7 Å². The van der Waals surface area contributed by atoms with Gasteiger partial charge in [0.05, 0.1) is 0 Å². The van der Waals surface area contributed by atoms with Crippen LogP contribution < -0.4 is 0 Å². The molecule has 7 heavy (non-hydrogen) atoms. The Morgan fingerprint density at radius 1 is 1.57 bits per heavy atom. The third-order valence-electron chi connectivity index (χ3n) is 0.238. The Hall–Kier alpha value is 1.04. The van der Waals surface area contributed by atoms with Crippen molar-refractivity contribution in [3.05, 3.63) is 0 Å². The summed E-state index contributed by atoms with van der Waals surface area (Å²) in [5, 5.41) is 0. The van der Waals surface area contributed by atoms with E-state index in [1.807, 2.05) is 0 Å². The minimum Gasteiger partial charge on any atom is -0.342 e. The monoisotopic (exact) mass is 176 g/mol. The number of hydrogen-bond acceptors (Lipinski definition) is 2. The maximum absolute atomic E-state index is 9.51. The maximum Gasteiger partial charge on any atom is 0.458 e. The fourth-order valence-electron chi connectivity index (χ4n) is 0. The number of hydrogen-bond donors (Lipinski definition) is 2. The Bertz CT molecular complexity index is 75.8. The quantitative estimate of drug-likeness (QED) is 0.372. The van der Waals surface area contributed by atoms with Crippen molar-refractivity contribution >= 4 is 18.3 Å². The molecule has 0 radical (unpaired) electrons. The fourth-order valence-corrected chi connectivity index (χ4v) is 0. The normalized spacial score (nSPS) is 10.6. The second kappa shape index (κ2) is 3.97. The van der Waals surface area contributed by atoms with Crippen LogP contribution in [0.15, 0.2) is 0 Å². The summed E-state index contributed by atoms with van der Waals surface area (Å²) in [4.78, 5) is 15.5. The molecule has 4 nitrogen and oxygen atoms in total. The van der Waals surface area contributed by atoms with Gasteiger partial charge in [-0.3, -0.25) is 0 Å². The summed E-state index contributed by atoms with van der Waals surface area (Å²) in [5.41, 5.74) is 0. The number of phosphoric acid groups is 1. The van der Waals surface area contributed by atoms with Crippen molar-refractivity contribution in [1.29, 1.82) is 0 Å². The van der Waals surface area contributed by atoms with E-state index in [0.717, 1.165) is 0 Å². The van der Waals surface area contributed by atoms with Gasteiger partial charge in [0.2, 0.25) is 0 Å². The van der Waals surface area contributed by atoms with Gasteiger partial charge in [-0.25, -0.2) is 4.57 Å². The maximum atomic E-state index is 9.51. The predicted octanol–water partition coefficient (Wildman–Crippen LogP) is -1.63. The Morgan fingerprint density at radius 2 is 1.71 bits per heavy atom. The molecule has 0 spiro atoms. The van der Waals surface area contributed by atoms with E-state index in [4.69, 9.17) is 9.79 Å². The summed E-state index contributed by atoms with van der Waals surface area (Å²) < 4.78 is 13.2. The van der Waals surface area contributed by atoms with Gasteiger partial charge in [0.15, 0.2) is 10.5 Å². The van der Waals surface area contributed by atoms with Crippen molar-refractivity contribution in [1.82, 2.24) is 0 Å². The fraction of sp³-hybridized carbons (Fsp3) is 0. The van der Waals surface area contributed by atoms with Gasteiger partial charge >= 0.3 is 7.82 Å². The van der Waals surface area contributed by atoms with E-state index >= 15 is 0 Å². The molecule has 0 aromatic carbocycles. The molecule has 42 valence electrons. The van der Waals surface area contributed by atoms with E-state index in [2.05, 4.69) is 4.21 Å². The molecule has 0 bridgehead atoms. The molecule has 0 aromatic heterocycles. The third kappa shape index (κ3) is 11.0. The van der Waals surface area contributed by atoms with Crippen molar-refractivity contribution in [3.63, 3.8) is 0 Å². The Kier molecular flexibility index (Phi) is 6.20. The van der Waals surface area contributed by atoms with Crippen LogP contribution in [0.4, 0.5) is 0 Å². The molecule has 0 saturated carbocycles. The Balaban J connectivity index is 0. The molecule has 0 aromatic rings. The van der Waals surface area contributed by atoms with Crippen LogP contribution in [0.2, 0.25) is 0 Å². The van der Waals surface area contributed by atoms with Crippen molar-refractivity contribution in [3.8, 4) is 0 Å². The van der Waals surface area contributed by atoms with Crippen LogP contribution in [0.3, 0.4) is 0 Å². The molecule has 0 aliphatic heterocycles. The zero-order chi connectivity index (χ0) is 5.21. The zero-order valence-electron chi connectivity index (χ0n) is 3.66. The molecule has 0 heterocycles. The zero-order valence-corrected chi connectivity index (χ0v) is 8.11. The van der Waals surface area contributed by atoms with E-state index in [0.29, 0.717) is 0 Å². The molecule has 0 aliphatic rings. The summed E-state index contributed by atoms with van der Waals surface area (Å²) in [6.07, 6.45) is 0. The van der Waals surface area contributed by atoms with E-state index in [1.54, 1.807) is 0 Å². The first kappa shape index (κ1) is 10.9. The summed E-state index contributed by atoms with van der Waals surface area (Å²) in [7, 11) is -4.00. The summed E-state index contributed by atoms with van der Waals surface area (Å²) in [5.74, 6) is 0. The minimum atomic E-state index is -4.08. The van der Waals surface area contributed by atoms with Crippen molar-refractivity contribution in [2.45, 2.75) is 0 Å². The minimum absolute atomic E-state index is 0. The van der Waals surface area contributed by atoms with Crippen LogP contribution in [0, 0.1) is 0 Å². The van der Waals surface area contributed by atoms with Crippen molar-refractivity contribution < 1.29 is 40.3 Å². The third-order valence-corrected chi connectivity index (χ3v) is 2.14. The molecule has 0 aliphatic carbocycles. The summed E-state index contributed by atoms with van der Waals surface area (Å²) in [6.45, 7) is 0. The molecular weight excluding hydrogens is 171 g/mol. The SMILES string of the molecule is O=P(O)(O)O[SiH3].[Ti]. The van der Waals surface area contributed by atoms with Crippen LogP contribution in [-0.2, 0) is 30.5 Å². The van der Waals surface area contributed by atoms with Gasteiger partial charge in [-0.2, -0.15) is 0 Å². The second-order valence-corrected chi connectivity index (χ2v) is 3.11. The molecule has 0 saturated heterocycles. The van der Waals surface area contributed by atoms with Gasteiger partial charge < -0.3 is 14.0 Å². The van der Waals surface area contributed by atoms with Gasteiger partial charge in [-0.1, -0.05) is 0 Å². The molecule has 0 unspecified atom stereocenters. The predicted molar refractivity (Wildman–Crippen MR) is 23.1 cm³/mol. The first-order valence-corrected chi connectivity index (χ1v) is 3.52. The van der Waals surface area contributed by atoms with E-state index in [1.165, 1.54) is 0 Å². The van der Waals surface area contributed by atoms with Crippen molar-refractivity contribution in [2.75, 3.05) is 0 Å². The van der Waals surface area contributed by atoms with Gasteiger partial charge in [0.25, 0.3) is 0 Å². The van der Waals surface area contributed by atoms with Crippen LogP contribution in [-0.4, -0.2) is 20.3 Å². The van der Waals surface area contributed by atoms with E-state index in [9.17, 15) is 4.57 Å². The average Bonchev–Trinajstić information content (AvgIpc) is 1.35. The molecule has 0 fully saturated rings. The van der Waals surface area contributed by atoms with Gasteiger partial charge in [0.1, 0.15) is 0 Å². The molecule has 0 amide bonds. The molecular formula is H5O4PSiTi.